The van der Waals surface area contributed by atoms with Gasteiger partial charge in [-0.1, -0.05) is 12.1 Å². The lowest BCUT2D eigenvalue weighted by molar-refractivity contribution is -0.0994. The summed E-state index contributed by atoms with van der Waals surface area (Å²) in [6.45, 7) is 1.22. The molecule has 2 rings (SSSR count). The average molecular weight is 254 g/mol. The number of hydrogen-bond acceptors (Lipinski definition) is 5. The number of aliphatic hydroxyl groups is 3. The minimum atomic E-state index is -1.13. The summed E-state index contributed by atoms with van der Waals surface area (Å²) in [4.78, 5) is 0. The lowest BCUT2D eigenvalue weighted by atomic mass is 9.95. The Morgan fingerprint density at radius 3 is 2.33 bits per heavy atom. The molecule has 5 nitrogen and oxygen atoms in total. The van der Waals surface area contributed by atoms with E-state index < -0.39 is 23.9 Å². The van der Waals surface area contributed by atoms with Crippen LogP contribution in [0.3, 0.4) is 0 Å². The summed E-state index contributed by atoms with van der Waals surface area (Å²) in [5.41, 5.74) is -0.399. The minimum Gasteiger partial charge on any atom is -0.497 e. The van der Waals surface area contributed by atoms with Gasteiger partial charge in [-0.15, -0.1) is 0 Å². The molecule has 1 aromatic rings. The molecular formula is C13H18O5. The monoisotopic (exact) mass is 254 g/mol. The number of methoxy groups -OCH3 is 1. The molecule has 0 bridgehead atoms. The number of ether oxygens (including phenoxy) is 2. The third-order valence-corrected chi connectivity index (χ3v) is 3.41. The van der Waals surface area contributed by atoms with Crippen molar-refractivity contribution in [3.63, 3.8) is 0 Å². The Kier molecular flexibility index (Phi) is 3.59. The van der Waals surface area contributed by atoms with Crippen molar-refractivity contribution in [2.24, 2.45) is 0 Å². The first-order valence-corrected chi connectivity index (χ1v) is 5.80. The lowest BCUT2D eigenvalue weighted by Gasteiger charge is -2.24. The molecule has 0 aliphatic carbocycles. The zero-order valence-corrected chi connectivity index (χ0v) is 10.4. The number of rotatable bonds is 3. The number of benzene rings is 1. The van der Waals surface area contributed by atoms with Gasteiger partial charge in [-0.3, -0.25) is 0 Å². The SMILES string of the molecule is COc1ccc([C@@H]2O[C@](C)(CO)C(O)C2O)cc1. The lowest BCUT2D eigenvalue weighted by Crippen LogP contribution is -2.43. The van der Waals surface area contributed by atoms with Crippen LogP contribution in [0.4, 0.5) is 0 Å². The Balaban J connectivity index is 2.23. The molecule has 3 N–H and O–H groups in total. The Morgan fingerprint density at radius 1 is 1.28 bits per heavy atom. The Morgan fingerprint density at radius 2 is 1.89 bits per heavy atom. The van der Waals surface area contributed by atoms with Crippen LogP contribution in [0.1, 0.15) is 18.6 Å². The first kappa shape index (κ1) is 13.3. The van der Waals surface area contributed by atoms with E-state index in [0.717, 1.165) is 5.56 Å². The maximum absolute atomic E-state index is 9.99. The quantitative estimate of drug-likeness (QED) is 0.720. The van der Waals surface area contributed by atoms with Crippen molar-refractivity contribution in [3.8, 4) is 5.75 Å². The third kappa shape index (κ3) is 2.10. The summed E-state index contributed by atoms with van der Waals surface area (Å²) in [5, 5.41) is 29.1. The summed E-state index contributed by atoms with van der Waals surface area (Å²) in [6.07, 6.45) is -2.83. The summed E-state index contributed by atoms with van der Waals surface area (Å²) in [6, 6.07) is 7.05. The highest BCUT2D eigenvalue weighted by molar-refractivity contribution is 5.30. The molecule has 4 atom stereocenters. The Hall–Kier alpha value is -1.14. The van der Waals surface area contributed by atoms with Crippen molar-refractivity contribution in [2.45, 2.75) is 30.8 Å². The van der Waals surface area contributed by atoms with Gasteiger partial charge in [-0.2, -0.15) is 0 Å². The van der Waals surface area contributed by atoms with Gasteiger partial charge in [0, 0.05) is 0 Å². The van der Waals surface area contributed by atoms with Gasteiger partial charge in [-0.25, -0.2) is 0 Å². The van der Waals surface area contributed by atoms with E-state index in [1.807, 2.05) is 0 Å². The number of hydrogen-bond donors (Lipinski definition) is 3. The van der Waals surface area contributed by atoms with Crippen molar-refractivity contribution in [1.82, 2.24) is 0 Å². The smallest absolute Gasteiger partial charge is 0.118 e. The fraction of sp³-hybridized carbons (Fsp3) is 0.538. The first-order chi connectivity index (χ1) is 8.51. The highest BCUT2D eigenvalue weighted by Crippen LogP contribution is 2.39. The predicted molar refractivity (Wildman–Crippen MR) is 64.3 cm³/mol. The summed E-state index contributed by atoms with van der Waals surface area (Å²) in [5.74, 6) is 0.705. The van der Waals surface area contributed by atoms with Crippen LogP contribution in [0.5, 0.6) is 5.75 Å². The maximum Gasteiger partial charge on any atom is 0.118 e. The van der Waals surface area contributed by atoms with Gasteiger partial charge in [0.2, 0.25) is 0 Å². The van der Waals surface area contributed by atoms with E-state index >= 15 is 0 Å². The number of aliphatic hydroxyl groups excluding tert-OH is 3. The van der Waals surface area contributed by atoms with Crippen molar-refractivity contribution < 1.29 is 24.8 Å². The molecule has 1 aliphatic heterocycles. The van der Waals surface area contributed by atoms with Crippen LogP contribution in [0, 0.1) is 0 Å². The van der Waals surface area contributed by atoms with Crippen molar-refractivity contribution >= 4 is 0 Å². The second kappa shape index (κ2) is 4.85. The third-order valence-electron chi connectivity index (χ3n) is 3.41. The molecule has 0 radical (unpaired) electrons. The molecule has 18 heavy (non-hydrogen) atoms. The molecule has 1 fully saturated rings. The summed E-state index contributed by atoms with van der Waals surface area (Å²) in [7, 11) is 1.57. The van der Waals surface area contributed by atoms with Gasteiger partial charge in [-0.05, 0) is 24.6 Å². The Labute approximate surface area is 106 Å². The van der Waals surface area contributed by atoms with E-state index in [2.05, 4.69) is 0 Å². The highest BCUT2D eigenvalue weighted by atomic mass is 16.6. The molecule has 0 saturated carbocycles. The maximum atomic E-state index is 9.99. The van der Waals surface area contributed by atoms with E-state index in [1.165, 1.54) is 0 Å². The topological polar surface area (TPSA) is 79.2 Å². The van der Waals surface area contributed by atoms with Gasteiger partial charge < -0.3 is 24.8 Å². The highest BCUT2D eigenvalue weighted by Gasteiger charge is 2.51. The summed E-state index contributed by atoms with van der Waals surface area (Å²) >= 11 is 0. The molecule has 1 saturated heterocycles. The van der Waals surface area contributed by atoms with Crippen LogP contribution in [0.15, 0.2) is 24.3 Å². The van der Waals surface area contributed by atoms with Crippen molar-refractivity contribution in [2.75, 3.05) is 13.7 Å². The van der Waals surface area contributed by atoms with Gasteiger partial charge in [0.05, 0.1) is 13.7 Å². The largest absolute Gasteiger partial charge is 0.497 e. The average Bonchev–Trinajstić information content (AvgIpc) is 2.64. The van der Waals surface area contributed by atoms with E-state index in [1.54, 1.807) is 38.3 Å². The second-order valence-corrected chi connectivity index (χ2v) is 4.72. The molecule has 2 unspecified atom stereocenters. The molecule has 5 heteroatoms. The Bertz CT molecular complexity index is 404. The first-order valence-electron chi connectivity index (χ1n) is 5.80. The van der Waals surface area contributed by atoms with Gasteiger partial charge in [0.1, 0.15) is 29.7 Å². The van der Waals surface area contributed by atoms with E-state index in [4.69, 9.17) is 9.47 Å². The van der Waals surface area contributed by atoms with E-state index in [-0.39, 0.29) is 6.61 Å². The standard InChI is InChI=1S/C13H18O5/c1-13(7-14)12(16)10(15)11(18-13)8-3-5-9(17-2)6-4-8/h3-6,10-12,14-16H,7H2,1-2H3/t10?,11-,12?,13+/m0/s1. The zero-order chi connectivity index (χ0) is 13.3. The van der Waals surface area contributed by atoms with Crippen molar-refractivity contribution in [3.05, 3.63) is 29.8 Å². The van der Waals surface area contributed by atoms with Crippen LogP contribution in [-0.2, 0) is 4.74 Å². The molecule has 100 valence electrons. The molecule has 1 heterocycles. The molecule has 0 amide bonds. The summed E-state index contributed by atoms with van der Waals surface area (Å²) < 4.78 is 10.6. The van der Waals surface area contributed by atoms with Gasteiger partial charge in [0.25, 0.3) is 0 Å². The predicted octanol–water partition coefficient (Wildman–Crippen LogP) is 0.239. The van der Waals surface area contributed by atoms with Crippen LogP contribution in [0.25, 0.3) is 0 Å². The van der Waals surface area contributed by atoms with Gasteiger partial charge >= 0.3 is 0 Å². The van der Waals surface area contributed by atoms with Gasteiger partial charge in [0.15, 0.2) is 0 Å². The fourth-order valence-electron chi connectivity index (χ4n) is 2.15. The second-order valence-electron chi connectivity index (χ2n) is 4.72. The van der Waals surface area contributed by atoms with Crippen LogP contribution >= 0.6 is 0 Å². The molecule has 0 aromatic heterocycles. The van der Waals surface area contributed by atoms with Crippen LogP contribution < -0.4 is 4.74 Å². The van der Waals surface area contributed by atoms with Crippen molar-refractivity contribution in [1.29, 1.82) is 0 Å². The zero-order valence-electron chi connectivity index (χ0n) is 10.4. The minimum absolute atomic E-state index is 0.349. The molecule has 1 aromatic carbocycles. The molecule has 0 spiro atoms. The molecule has 1 aliphatic rings. The molecular weight excluding hydrogens is 236 g/mol. The van der Waals surface area contributed by atoms with E-state index in [0.29, 0.717) is 5.75 Å². The van der Waals surface area contributed by atoms with E-state index in [9.17, 15) is 15.3 Å². The van der Waals surface area contributed by atoms with Crippen LogP contribution in [-0.4, -0.2) is 46.8 Å². The fourth-order valence-corrected chi connectivity index (χ4v) is 2.15. The van der Waals surface area contributed by atoms with Crippen LogP contribution in [0.2, 0.25) is 0 Å². The normalized spacial score (nSPS) is 35.7.